The number of esters is 1. The van der Waals surface area contributed by atoms with Crippen LogP contribution in [0.4, 0.5) is 14.9 Å². The van der Waals surface area contributed by atoms with Gasteiger partial charge in [-0.15, -0.1) is 0 Å². The number of urea groups is 1. The summed E-state index contributed by atoms with van der Waals surface area (Å²) < 4.78 is 17.7. The molecule has 0 radical (unpaired) electrons. The van der Waals surface area contributed by atoms with Crippen molar-refractivity contribution < 1.29 is 28.6 Å². The molecule has 0 aliphatic rings. The molecule has 0 spiro atoms. The molecule has 7 nitrogen and oxygen atoms in total. The zero-order chi connectivity index (χ0) is 16.0. The topological polar surface area (TPSA) is 105 Å². The van der Waals surface area contributed by atoms with Gasteiger partial charge in [-0.1, -0.05) is 0 Å². The van der Waals surface area contributed by atoms with Crippen molar-refractivity contribution in [3.8, 4) is 0 Å². The molecule has 0 saturated carbocycles. The Bertz CT molecular complexity index is 561. The van der Waals surface area contributed by atoms with Gasteiger partial charge in [-0.25, -0.2) is 18.8 Å². The Morgan fingerprint density at radius 3 is 2.62 bits per heavy atom. The highest BCUT2D eigenvalue weighted by Crippen LogP contribution is 2.17. The first kappa shape index (κ1) is 16.4. The van der Waals surface area contributed by atoms with Gasteiger partial charge in [-0.3, -0.25) is 0 Å². The largest absolute Gasteiger partial charge is 0.478 e. The number of hydrogen-bond acceptors (Lipinski definition) is 4. The highest BCUT2D eigenvalue weighted by Gasteiger charge is 2.18. The maximum absolute atomic E-state index is 13.0. The van der Waals surface area contributed by atoms with Gasteiger partial charge in [0.2, 0.25) is 0 Å². The summed E-state index contributed by atoms with van der Waals surface area (Å²) in [6, 6.07) is 1.21. The van der Waals surface area contributed by atoms with E-state index < -0.39 is 35.4 Å². The third-order valence-electron chi connectivity index (χ3n) is 2.45. The zero-order valence-corrected chi connectivity index (χ0v) is 11.5. The van der Waals surface area contributed by atoms with Crippen LogP contribution in [0.1, 0.15) is 24.2 Å². The molecule has 1 rings (SSSR count). The number of nitrogens with one attached hydrogen (secondary N) is 2. The predicted octanol–water partition coefficient (Wildman–Crippen LogP) is 1.60. The van der Waals surface area contributed by atoms with Crippen molar-refractivity contribution in [2.75, 3.05) is 11.9 Å². The van der Waals surface area contributed by atoms with Gasteiger partial charge in [0.25, 0.3) is 0 Å². The van der Waals surface area contributed by atoms with Crippen LogP contribution < -0.4 is 10.6 Å². The first-order valence-electron chi connectivity index (χ1n) is 6.12. The SMILES string of the molecule is CCOC(=O)C(C)NC(=O)Nc1ccc(F)cc1C(=O)O. The number of halogens is 1. The summed E-state index contributed by atoms with van der Waals surface area (Å²) >= 11 is 0. The van der Waals surface area contributed by atoms with Gasteiger partial charge in [-0.05, 0) is 32.0 Å². The molecule has 1 aromatic rings. The minimum Gasteiger partial charge on any atom is -0.478 e. The second-order valence-electron chi connectivity index (χ2n) is 4.07. The van der Waals surface area contributed by atoms with Crippen molar-refractivity contribution >= 4 is 23.7 Å². The molecule has 3 N–H and O–H groups in total. The van der Waals surface area contributed by atoms with Gasteiger partial charge < -0.3 is 20.5 Å². The first-order valence-corrected chi connectivity index (χ1v) is 6.12. The van der Waals surface area contributed by atoms with E-state index in [0.29, 0.717) is 0 Å². The highest BCUT2D eigenvalue weighted by atomic mass is 19.1. The lowest BCUT2D eigenvalue weighted by atomic mass is 10.1. The van der Waals surface area contributed by atoms with Crippen molar-refractivity contribution in [2.24, 2.45) is 0 Å². The maximum atomic E-state index is 13.0. The molecule has 0 heterocycles. The predicted molar refractivity (Wildman–Crippen MR) is 71.6 cm³/mol. The minimum absolute atomic E-state index is 0.0857. The number of carbonyl (C=O) groups is 3. The second-order valence-corrected chi connectivity index (χ2v) is 4.07. The highest BCUT2D eigenvalue weighted by molar-refractivity contribution is 6.00. The lowest BCUT2D eigenvalue weighted by Gasteiger charge is -2.14. The molecule has 0 aliphatic heterocycles. The normalized spacial score (nSPS) is 11.4. The maximum Gasteiger partial charge on any atom is 0.337 e. The van der Waals surface area contributed by atoms with Gasteiger partial charge in [0, 0.05) is 0 Å². The van der Waals surface area contributed by atoms with Crippen molar-refractivity contribution in [3.63, 3.8) is 0 Å². The number of carboxylic acid groups (broad SMARTS) is 1. The molecule has 0 aliphatic carbocycles. The van der Waals surface area contributed by atoms with E-state index >= 15 is 0 Å². The molecule has 1 atom stereocenters. The Kier molecular flexibility index (Phi) is 5.65. The summed E-state index contributed by atoms with van der Waals surface area (Å²) in [5.74, 6) is -2.74. The molecule has 1 aromatic carbocycles. The van der Waals surface area contributed by atoms with Crippen LogP contribution in [0.2, 0.25) is 0 Å². The molecule has 0 fully saturated rings. The first-order chi connectivity index (χ1) is 9.85. The van der Waals surface area contributed by atoms with Gasteiger partial charge in [0.15, 0.2) is 0 Å². The van der Waals surface area contributed by atoms with Crippen molar-refractivity contribution in [2.45, 2.75) is 19.9 Å². The lowest BCUT2D eigenvalue weighted by molar-refractivity contribution is -0.144. The van der Waals surface area contributed by atoms with Crippen LogP contribution in [-0.2, 0) is 9.53 Å². The number of rotatable bonds is 5. The van der Waals surface area contributed by atoms with E-state index in [-0.39, 0.29) is 12.3 Å². The summed E-state index contributed by atoms with van der Waals surface area (Å²) in [7, 11) is 0. The Morgan fingerprint density at radius 2 is 2.05 bits per heavy atom. The third kappa shape index (κ3) is 4.75. The quantitative estimate of drug-likeness (QED) is 0.716. The number of carboxylic acids is 1. The van der Waals surface area contributed by atoms with Crippen LogP contribution in [0.15, 0.2) is 18.2 Å². The van der Waals surface area contributed by atoms with E-state index in [1.165, 1.54) is 6.92 Å². The summed E-state index contributed by atoms with van der Waals surface area (Å²) in [5, 5.41) is 13.5. The molecule has 0 aromatic heterocycles. The van der Waals surface area contributed by atoms with E-state index in [1.807, 2.05) is 0 Å². The Morgan fingerprint density at radius 1 is 1.38 bits per heavy atom. The summed E-state index contributed by atoms with van der Waals surface area (Å²) in [6.45, 7) is 3.22. The number of amides is 2. The summed E-state index contributed by atoms with van der Waals surface area (Å²) in [6.07, 6.45) is 0. The molecule has 8 heteroatoms. The molecule has 21 heavy (non-hydrogen) atoms. The average Bonchev–Trinajstić information content (AvgIpc) is 2.40. The number of hydrogen-bond donors (Lipinski definition) is 3. The van der Waals surface area contributed by atoms with E-state index in [2.05, 4.69) is 10.6 Å². The van der Waals surface area contributed by atoms with Crippen LogP contribution in [0, 0.1) is 5.82 Å². The van der Waals surface area contributed by atoms with E-state index in [9.17, 15) is 18.8 Å². The van der Waals surface area contributed by atoms with Gasteiger partial charge in [-0.2, -0.15) is 0 Å². The fraction of sp³-hybridized carbons (Fsp3) is 0.308. The van der Waals surface area contributed by atoms with Crippen molar-refractivity contribution in [1.29, 1.82) is 0 Å². The van der Waals surface area contributed by atoms with Crippen LogP contribution in [0.3, 0.4) is 0 Å². The monoisotopic (exact) mass is 298 g/mol. The summed E-state index contributed by atoms with van der Waals surface area (Å²) in [4.78, 5) is 34.0. The van der Waals surface area contributed by atoms with Gasteiger partial charge in [0.1, 0.15) is 11.9 Å². The standard InChI is InChI=1S/C13H15FN2O5/c1-3-21-12(19)7(2)15-13(20)16-10-5-4-8(14)6-9(10)11(17)18/h4-7H,3H2,1-2H3,(H,17,18)(H2,15,16,20). The molecule has 1 unspecified atom stereocenters. The number of anilines is 1. The van der Waals surface area contributed by atoms with Crippen molar-refractivity contribution in [1.82, 2.24) is 5.32 Å². The Hall–Kier alpha value is -2.64. The number of ether oxygens (including phenoxy) is 1. The third-order valence-corrected chi connectivity index (χ3v) is 2.45. The van der Waals surface area contributed by atoms with Crippen LogP contribution in [0.5, 0.6) is 0 Å². The van der Waals surface area contributed by atoms with E-state index in [1.54, 1.807) is 6.92 Å². The molecule has 2 amide bonds. The van der Waals surface area contributed by atoms with Crippen LogP contribution >= 0.6 is 0 Å². The smallest absolute Gasteiger partial charge is 0.337 e. The fourth-order valence-electron chi connectivity index (χ4n) is 1.48. The number of carbonyl (C=O) groups excluding carboxylic acids is 2. The zero-order valence-electron chi connectivity index (χ0n) is 11.5. The van der Waals surface area contributed by atoms with Gasteiger partial charge in [0.05, 0.1) is 17.9 Å². The fourth-order valence-corrected chi connectivity index (χ4v) is 1.48. The molecular weight excluding hydrogens is 283 g/mol. The van der Waals surface area contributed by atoms with E-state index in [0.717, 1.165) is 18.2 Å². The molecule has 0 bridgehead atoms. The van der Waals surface area contributed by atoms with Crippen LogP contribution in [-0.4, -0.2) is 35.7 Å². The average molecular weight is 298 g/mol. The minimum atomic E-state index is -1.39. The van der Waals surface area contributed by atoms with E-state index in [4.69, 9.17) is 9.84 Å². The number of aromatic carboxylic acids is 1. The van der Waals surface area contributed by atoms with Gasteiger partial charge >= 0.3 is 18.0 Å². The summed E-state index contributed by atoms with van der Waals surface area (Å²) in [5.41, 5.74) is -0.480. The number of benzene rings is 1. The molecule has 114 valence electrons. The Labute approximate surface area is 120 Å². The second kappa shape index (κ2) is 7.22. The van der Waals surface area contributed by atoms with Crippen molar-refractivity contribution in [3.05, 3.63) is 29.6 Å². The molecular formula is C13H15FN2O5. The Balaban J connectivity index is 2.75. The molecule has 0 saturated heterocycles. The lowest BCUT2D eigenvalue weighted by Crippen LogP contribution is -2.42. The van der Waals surface area contributed by atoms with Crippen LogP contribution in [0.25, 0.3) is 0 Å².